The van der Waals surface area contributed by atoms with E-state index in [2.05, 4.69) is 0 Å². The number of aliphatic hydroxyl groups excluding tert-OH is 1. The number of carbonyl (C=O) groups is 1. The number of hydrogen-bond donors (Lipinski definition) is 2. The predicted molar refractivity (Wildman–Crippen MR) is 57.0 cm³/mol. The molecule has 1 unspecified atom stereocenters. The average molecular weight is 244 g/mol. The second-order valence-electron chi connectivity index (χ2n) is 3.33. The molecular formula is C10H10ClNO4. The minimum Gasteiger partial charge on any atom is -0.453 e. The average Bonchev–Trinajstić information content (AvgIpc) is 2.75. The van der Waals surface area contributed by atoms with Gasteiger partial charge in [-0.2, -0.15) is 0 Å². The lowest BCUT2D eigenvalue weighted by Gasteiger charge is -2.14. The van der Waals surface area contributed by atoms with Crippen LogP contribution in [0.2, 0.25) is 5.02 Å². The van der Waals surface area contributed by atoms with Gasteiger partial charge < -0.3 is 20.3 Å². The fourth-order valence-electron chi connectivity index (χ4n) is 1.61. The van der Waals surface area contributed by atoms with Gasteiger partial charge in [-0.3, -0.25) is 4.79 Å². The van der Waals surface area contributed by atoms with Gasteiger partial charge in [-0.1, -0.05) is 11.6 Å². The third-order valence-corrected chi connectivity index (χ3v) is 2.67. The molecule has 0 aromatic heterocycles. The number of carbonyl (C=O) groups excluding carboxylic acids is 1. The smallest absolute Gasteiger partial charge is 0.231 e. The molecule has 6 heteroatoms. The Morgan fingerprint density at radius 2 is 2.25 bits per heavy atom. The van der Waals surface area contributed by atoms with Crippen LogP contribution in [-0.2, 0) is 0 Å². The second-order valence-corrected chi connectivity index (χ2v) is 3.74. The van der Waals surface area contributed by atoms with Gasteiger partial charge in [0.2, 0.25) is 6.79 Å². The van der Waals surface area contributed by atoms with Crippen molar-refractivity contribution in [3.8, 4) is 11.5 Å². The molecule has 0 spiro atoms. The van der Waals surface area contributed by atoms with Crippen LogP contribution in [-0.4, -0.2) is 24.8 Å². The van der Waals surface area contributed by atoms with Gasteiger partial charge in [0.15, 0.2) is 17.8 Å². The van der Waals surface area contributed by atoms with E-state index in [4.69, 9.17) is 31.9 Å². The van der Waals surface area contributed by atoms with E-state index in [1.165, 1.54) is 6.07 Å². The molecular weight excluding hydrogens is 234 g/mol. The van der Waals surface area contributed by atoms with Crippen molar-refractivity contribution in [3.63, 3.8) is 0 Å². The Bertz CT molecular complexity index is 435. The van der Waals surface area contributed by atoms with Gasteiger partial charge >= 0.3 is 0 Å². The quantitative estimate of drug-likeness (QED) is 0.770. The van der Waals surface area contributed by atoms with Crippen LogP contribution in [0.15, 0.2) is 6.07 Å². The summed E-state index contributed by atoms with van der Waals surface area (Å²) >= 11 is 5.98. The van der Waals surface area contributed by atoms with Crippen LogP contribution in [0.25, 0.3) is 0 Å². The zero-order valence-corrected chi connectivity index (χ0v) is 9.03. The van der Waals surface area contributed by atoms with Crippen molar-refractivity contribution in [3.05, 3.63) is 22.2 Å². The standard InChI is InChI=1S/C10H10ClNO4/c11-6-1-5(2-13)9-10(16-4-15-9)8(6)7(12)3-14/h1-2,7,14H,3-4,12H2. The number of fused-ring (bicyclic) bond motifs is 1. The van der Waals surface area contributed by atoms with E-state index in [0.29, 0.717) is 28.9 Å². The first-order chi connectivity index (χ1) is 7.69. The minimum absolute atomic E-state index is 0.0155. The lowest BCUT2D eigenvalue weighted by molar-refractivity contribution is 0.111. The number of benzene rings is 1. The molecule has 0 aliphatic carbocycles. The lowest BCUT2D eigenvalue weighted by atomic mass is 10.0. The predicted octanol–water partition coefficient (Wildman–Crippen LogP) is 0.873. The van der Waals surface area contributed by atoms with Crippen molar-refractivity contribution in [2.24, 2.45) is 5.73 Å². The van der Waals surface area contributed by atoms with Crippen LogP contribution in [0.1, 0.15) is 22.0 Å². The van der Waals surface area contributed by atoms with Crippen molar-refractivity contribution in [2.75, 3.05) is 13.4 Å². The van der Waals surface area contributed by atoms with Crippen LogP contribution in [0.4, 0.5) is 0 Å². The summed E-state index contributed by atoms with van der Waals surface area (Å²) in [5.41, 5.74) is 6.47. The summed E-state index contributed by atoms with van der Waals surface area (Å²) in [7, 11) is 0. The van der Waals surface area contributed by atoms with Crippen molar-refractivity contribution in [1.29, 1.82) is 0 Å². The second kappa shape index (κ2) is 4.29. The number of nitrogens with two attached hydrogens (primary N) is 1. The molecule has 1 aliphatic rings. The number of rotatable bonds is 3. The van der Waals surface area contributed by atoms with E-state index >= 15 is 0 Å². The van der Waals surface area contributed by atoms with E-state index in [9.17, 15) is 4.79 Å². The highest BCUT2D eigenvalue weighted by atomic mass is 35.5. The van der Waals surface area contributed by atoms with Crippen LogP contribution >= 0.6 is 11.6 Å². The van der Waals surface area contributed by atoms with Crippen LogP contribution in [0.5, 0.6) is 11.5 Å². The summed E-state index contributed by atoms with van der Waals surface area (Å²) in [6.07, 6.45) is 0.633. The Labute approximate surface area is 96.7 Å². The van der Waals surface area contributed by atoms with Crippen molar-refractivity contribution in [1.82, 2.24) is 0 Å². The minimum atomic E-state index is -0.663. The third-order valence-electron chi connectivity index (χ3n) is 2.35. The molecule has 1 heterocycles. The SMILES string of the molecule is NC(CO)c1c(Cl)cc(C=O)c2c1OCO2. The summed E-state index contributed by atoms with van der Waals surface area (Å²) in [4.78, 5) is 10.8. The van der Waals surface area contributed by atoms with Gasteiger partial charge in [0.1, 0.15) is 0 Å². The molecule has 0 amide bonds. The fraction of sp³-hybridized carbons (Fsp3) is 0.300. The monoisotopic (exact) mass is 243 g/mol. The Morgan fingerprint density at radius 3 is 2.88 bits per heavy atom. The molecule has 0 radical (unpaired) electrons. The first kappa shape index (κ1) is 11.2. The molecule has 0 fully saturated rings. The number of aliphatic hydroxyl groups is 1. The van der Waals surface area contributed by atoms with Crippen LogP contribution in [0.3, 0.4) is 0 Å². The number of hydrogen-bond acceptors (Lipinski definition) is 5. The molecule has 0 saturated heterocycles. The molecule has 5 nitrogen and oxygen atoms in total. The maximum atomic E-state index is 10.8. The first-order valence-corrected chi connectivity index (χ1v) is 5.00. The Balaban J connectivity index is 2.62. The van der Waals surface area contributed by atoms with Crippen molar-refractivity contribution >= 4 is 17.9 Å². The molecule has 1 atom stereocenters. The first-order valence-electron chi connectivity index (χ1n) is 4.62. The molecule has 16 heavy (non-hydrogen) atoms. The van der Waals surface area contributed by atoms with Crippen molar-refractivity contribution < 1.29 is 19.4 Å². The highest BCUT2D eigenvalue weighted by Gasteiger charge is 2.27. The van der Waals surface area contributed by atoms with E-state index in [1.54, 1.807) is 0 Å². The van der Waals surface area contributed by atoms with Gasteiger partial charge in [-0.25, -0.2) is 0 Å². The van der Waals surface area contributed by atoms with Crippen LogP contribution in [0, 0.1) is 0 Å². The zero-order valence-electron chi connectivity index (χ0n) is 8.27. The van der Waals surface area contributed by atoms with Gasteiger partial charge in [-0.05, 0) is 6.07 Å². The van der Waals surface area contributed by atoms with E-state index in [0.717, 1.165) is 0 Å². The topological polar surface area (TPSA) is 81.8 Å². The lowest BCUT2D eigenvalue weighted by Crippen LogP contribution is -2.16. The Morgan fingerprint density at radius 1 is 1.56 bits per heavy atom. The molecule has 0 saturated carbocycles. The molecule has 1 aromatic rings. The van der Waals surface area contributed by atoms with Gasteiger partial charge in [0.05, 0.1) is 23.2 Å². The molecule has 2 rings (SSSR count). The highest BCUT2D eigenvalue weighted by molar-refractivity contribution is 6.32. The highest BCUT2D eigenvalue weighted by Crippen LogP contribution is 2.44. The Hall–Kier alpha value is -1.30. The van der Waals surface area contributed by atoms with Crippen molar-refractivity contribution in [2.45, 2.75) is 6.04 Å². The number of aldehydes is 1. The van der Waals surface area contributed by atoms with Gasteiger partial charge in [0.25, 0.3) is 0 Å². The molecule has 86 valence electrons. The Kier molecular flexibility index (Phi) is 3.00. The summed E-state index contributed by atoms with van der Waals surface area (Å²) in [5.74, 6) is 0.675. The number of ether oxygens (including phenoxy) is 2. The zero-order chi connectivity index (χ0) is 11.7. The largest absolute Gasteiger partial charge is 0.453 e. The van der Waals surface area contributed by atoms with E-state index < -0.39 is 6.04 Å². The normalized spacial score (nSPS) is 14.9. The fourth-order valence-corrected chi connectivity index (χ4v) is 1.95. The summed E-state index contributed by atoms with van der Waals surface area (Å²) in [6, 6.07) is 0.788. The maximum absolute atomic E-state index is 10.8. The number of halogens is 1. The van der Waals surface area contributed by atoms with Crippen LogP contribution < -0.4 is 15.2 Å². The van der Waals surface area contributed by atoms with E-state index in [1.807, 2.05) is 0 Å². The molecule has 1 aromatic carbocycles. The summed E-state index contributed by atoms with van der Waals surface area (Å²) in [6.45, 7) is -0.252. The van der Waals surface area contributed by atoms with Gasteiger partial charge in [0, 0.05) is 5.56 Å². The summed E-state index contributed by atoms with van der Waals surface area (Å²) in [5, 5.41) is 9.31. The van der Waals surface area contributed by atoms with E-state index in [-0.39, 0.29) is 18.4 Å². The molecule has 3 N–H and O–H groups in total. The van der Waals surface area contributed by atoms with Gasteiger partial charge in [-0.15, -0.1) is 0 Å². The summed E-state index contributed by atoms with van der Waals surface area (Å²) < 4.78 is 10.4. The molecule has 1 aliphatic heterocycles. The third kappa shape index (κ3) is 1.63. The molecule has 0 bridgehead atoms. The maximum Gasteiger partial charge on any atom is 0.231 e.